The molecule has 0 aliphatic heterocycles. The molecule has 3 heteroatoms. The highest BCUT2D eigenvalue weighted by atomic mass is 79.9. The Morgan fingerprint density at radius 1 is 1.44 bits per heavy atom. The van der Waals surface area contributed by atoms with Gasteiger partial charge in [-0.3, -0.25) is 0 Å². The average Bonchev–Trinajstić information content (AvgIpc) is 2.28. The van der Waals surface area contributed by atoms with Gasteiger partial charge in [-0.1, -0.05) is 36.2 Å². The average molecular weight is 289 g/mol. The van der Waals surface area contributed by atoms with Gasteiger partial charge in [0.25, 0.3) is 0 Å². The molecule has 0 saturated heterocycles. The summed E-state index contributed by atoms with van der Waals surface area (Å²) < 4.78 is 18.4. The van der Waals surface area contributed by atoms with Crippen molar-refractivity contribution >= 4 is 15.9 Å². The molecule has 1 nitrogen and oxygen atoms in total. The van der Waals surface area contributed by atoms with Gasteiger partial charge >= 0.3 is 0 Å². The van der Waals surface area contributed by atoms with Gasteiger partial charge in [0.15, 0.2) is 0 Å². The second-order valence-electron chi connectivity index (χ2n) is 4.10. The van der Waals surface area contributed by atoms with Crippen LogP contribution in [0.2, 0.25) is 0 Å². The molecule has 0 amide bonds. The molecule has 2 unspecified atom stereocenters. The van der Waals surface area contributed by atoms with Crippen LogP contribution in [0.4, 0.5) is 4.39 Å². The normalized spacial score (nSPS) is 14.6. The van der Waals surface area contributed by atoms with Crippen LogP contribution < -0.4 is 4.74 Å². The largest absolute Gasteiger partial charge is 0.496 e. The number of alkyl halides is 1. The number of halogens is 2. The standard InChI is InChI=1S/C13H18BrFO/c1-4-9(2)7-12(14)11-8-10(15)5-6-13(11)16-3/h5-6,8-9,12H,4,7H2,1-3H3. The van der Waals surface area contributed by atoms with Gasteiger partial charge in [0, 0.05) is 10.4 Å². The van der Waals surface area contributed by atoms with Crippen LogP contribution in [0.3, 0.4) is 0 Å². The molecular weight excluding hydrogens is 271 g/mol. The minimum atomic E-state index is -0.218. The topological polar surface area (TPSA) is 9.23 Å². The van der Waals surface area contributed by atoms with Crippen molar-refractivity contribution in [2.24, 2.45) is 5.92 Å². The van der Waals surface area contributed by atoms with E-state index >= 15 is 0 Å². The highest BCUT2D eigenvalue weighted by Gasteiger charge is 2.16. The second-order valence-corrected chi connectivity index (χ2v) is 5.21. The van der Waals surface area contributed by atoms with Gasteiger partial charge in [0.1, 0.15) is 11.6 Å². The summed E-state index contributed by atoms with van der Waals surface area (Å²) in [5.74, 6) is 1.13. The molecule has 0 aliphatic rings. The van der Waals surface area contributed by atoms with Gasteiger partial charge in [0.2, 0.25) is 0 Å². The van der Waals surface area contributed by atoms with Gasteiger partial charge in [-0.2, -0.15) is 0 Å². The van der Waals surface area contributed by atoms with Gasteiger partial charge in [-0.15, -0.1) is 0 Å². The van der Waals surface area contributed by atoms with Crippen molar-refractivity contribution in [2.75, 3.05) is 7.11 Å². The van der Waals surface area contributed by atoms with E-state index in [0.29, 0.717) is 5.92 Å². The number of ether oxygens (including phenoxy) is 1. The van der Waals surface area contributed by atoms with E-state index in [1.807, 2.05) is 0 Å². The molecule has 0 fully saturated rings. The number of hydrogen-bond donors (Lipinski definition) is 0. The molecule has 2 atom stereocenters. The van der Waals surface area contributed by atoms with Gasteiger partial charge in [-0.05, 0) is 30.5 Å². The molecule has 0 aliphatic carbocycles. The summed E-state index contributed by atoms with van der Waals surface area (Å²) >= 11 is 3.61. The Morgan fingerprint density at radius 2 is 2.12 bits per heavy atom. The van der Waals surface area contributed by atoms with E-state index in [1.54, 1.807) is 19.2 Å². The molecule has 1 aromatic rings. The molecular formula is C13H18BrFO. The molecule has 90 valence electrons. The Morgan fingerprint density at radius 3 is 2.69 bits per heavy atom. The van der Waals surface area contributed by atoms with Crippen molar-refractivity contribution in [1.82, 2.24) is 0 Å². The first-order chi connectivity index (χ1) is 7.58. The van der Waals surface area contributed by atoms with Crippen LogP contribution in [0.5, 0.6) is 5.75 Å². The highest BCUT2D eigenvalue weighted by molar-refractivity contribution is 9.09. The summed E-state index contributed by atoms with van der Waals surface area (Å²) in [6.07, 6.45) is 2.11. The van der Waals surface area contributed by atoms with Gasteiger partial charge < -0.3 is 4.74 Å². The molecule has 0 bridgehead atoms. The fourth-order valence-corrected chi connectivity index (χ4v) is 2.59. The minimum absolute atomic E-state index is 0.146. The molecule has 0 heterocycles. The summed E-state index contributed by atoms with van der Waals surface area (Å²) in [6.45, 7) is 4.35. The van der Waals surface area contributed by atoms with E-state index in [-0.39, 0.29) is 10.6 Å². The predicted molar refractivity (Wildman–Crippen MR) is 68.7 cm³/mol. The fraction of sp³-hybridized carbons (Fsp3) is 0.538. The first-order valence-corrected chi connectivity index (χ1v) is 6.47. The Kier molecular flexibility index (Phi) is 5.26. The number of hydrogen-bond acceptors (Lipinski definition) is 1. The lowest BCUT2D eigenvalue weighted by atomic mass is 9.98. The zero-order valence-electron chi connectivity index (χ0n) is 9.97. The summed E-state index contributed by atoms with van der Waals surface area (Å²) in [7, 11) is 1.61. The van der Waals surface area contributed by atoms with E-state index in [0.717, 1.165) is 24.2 Å². The van der Waals surface area contributed by atoms with E-state index < -0.39 is 0 Å². The maximum absolute atomic E-state index is 13.2. The first-order valence-electron chi connectivity index (χ1n) is 5.56. The first kappa shape index (κ1) is 13.5. The lowest BCUT2D eigenvalue weighted by Crippen LogP contribution is -2.01. The third-order valence-corrected chi connectivity index (χ3v) is 3.70. The Bertz CT molecular complexity index is 341. The molecule has 1 aromatic carbocycles. The smallest absolute Gasteiger partial charge is 0.123 e. The molecule has 0 aromatic heterocycles. The molecule has 0 radical (unpaired) electrons. The second kappa shape index (κ2) is 6.24. The Labute approximate surface area is 105 Å². The quantitative estimate of drug-likeness (QED) is 0.713. The lowest BCUT2D eigenvalue weighted by molar-refractivity contribution is 0.404. The van der Waals surface area contributed by atoms with Gasteiger partial charge in [-0.25, -0.2) is 4.39 Å². The van der Waals surface area contributed by atoms with E-state index in [1.165, 1.54) is 6.07 Å². The van der Waals surface area contributed by atoms with E-state index in [9.17, 15) is 4.39 Å². The summed E-state index contributed by atoms with van der Waals surface area (Å²) in [6, 6.07) is 4.64. The summed E-state index contributed by atoms with van der Waals surface area (Å²) in [4.78, 5) is 0.146. The summed E-state index contributed by atoms with van der Waals surface area (Å²) in [5, 5.41) is 0. The zero-order valence-corrected chi connectivity index (χ0v) is 11.6. The number of rotatable bonds is 5. The number of benzene rings is 1. The third-order valence-electron chi connectivity index (χ3n) is 2.84. The molecule has 0 saturated carbocycles. The van der Waals surface area contributed by atoms with Crippen LogP contribution in [0, 0.1) is 11.7 Å². The lowest BCUT2D eigenvalue weighted by Gasteiger charge is -2.17. The van der Waals surface area contributed by atoms with Crippen molar-refractivity contribution in [1.29, 1.82) is 0 Å². The molecule has 0 spiro atoms. The van der Waals surface area contributed by atoms with Crippen molar-refractivity contribution < 1.29 is 9.13 Å². The van der Waals surface area contributed by atoms with Crippen LogP contribution in [-0.2, 0) is 0 Å². The third kappa shape index (κ3) is 3.48. The minimum Gasteiger partial charge on any atom is -0.496 e. The van der Waals surface area contributed by atoms with Crippen molar-refractivity contribution in [3.63, 3.8) is 0 Å². The van der Waals surface area contributed by atoms with Crippen LogP contribution in [0.15, 0.2) is 18.2 Å². The van der Waals surface area contributed by atoms with Crippen LogP contribution >= 0.6 is 15.9 Å². The Hall–Kier alpha value is -0.570. The monoisotopic (exact) mass is 288 g/mol. The van der Waals surface area contributed by atoms with E-state index in [4.69, 9.17) is 4.74 Å². The number of methoxy groups -OCH3 is 1. The zero-order chi connectivity index (χ0) is 12.1. The predicted octanol–water partition coefficient (Wildman–Crippen LogP) is 4.71. The maximum atomic E-state index is 13.2. The van der Waals surface area contributed by atoms with Crippen molar-refractivity contribution in [3.8, 4) is 5.75 Å². The SMILES string of the molecule is CCC(C)CC(Br)c1cc(F)ccc1OC. The fourth-order valence-electron chi connectivity index (χ4n) is 1.60. The van der Waals surface area contributed by atoms with Crippen molar-refractivity contribution in [2.45, 2.75) is 31.5 Å². The Balaban J connectivity index is 2.88. The van der Waals surface area contributed by atoms with Crippen LogP contribution in [-0.4, -0.2) is 7.11 Å². The molecule has 1 rings (SSSR count). The van der Waals surface area contributed by atoms with E-state index in [2.05, 4.69) is 29.8 Å². The van der Waals surface area contributed by atoms with Gasteiger partial charge in [0.05, 0.1) is 7.11 Å². The van der Waals surface area contributed by atoms with Crippen molar-refractivity contribution in [3.05, 3.63) is 29.6 Å². The van der Waals surface area contributed by atoms with Crippen LogP contribution in [0.25, 0.3) is 0 Å². The highest BCUT2D eigenvalue weighted by Crippen LogP contribution is 2.36. The van der Waals surface area contributed by atoms with Crippen LogP contribution in [0.1, 0.15) is 37.1 Å². The summed E-state index contributed by atoms with van der Waals surface area (Å²) in [5.41, 5.74) is 0.891. The molecule has 16 heavy (non-hydrogen) atoms. The maximum Gasteiger partial charge on any atom is 0.123 e. The molecule has 0 N–H and O–H groups in total.